The molecule has 7 heteroatoms. The second kappa shape index (κ2) is 10.1. The monoisotopic (exact) mass is 485 g/mol. The van der Waals surface area contributed by atoms with Gasteiger partial charge in [0.25, 0.3) is 0 Å². The Labute approximate surface area is 177 Å². The van der Waals surface area contributed by atoms with Crippen molar-refractivity contribution in [2.45, 2.75) is 26.8 Å². The third-order valence-electron chi connectivity index (χ3n) is 4.49. The molecular formula is C19H28IN5S. The zero-order valence-electron chi connectivity index (χ0n) is 15.7. The molecule has 0 aliphatic carbocycles. The molecule has 2 heterocycles. The molecule has 1 saturated heterocycles. The van der Waals surface area contributed by atoms with Crippen LogP contribution in [0.3, 0.4) is 0 Å². The summed E-state index contributed by atoms with van der Waals surface area (Å²) in [5.41, 5.74) is 3.73. The standard InChI is InChI=1S/C19H27N5S.HI/c1-4-18-22-16(14-25-18)13-21-19(20-3)24-10-8-23(9-11-24)17-7-5-6-15(2)12-17;/h5-7,12,14H,4,8-11,13H2,1-3H3,(H,20,21);1H. The van der Waals surface area contributed by atoms with Crippen LogP contribution >= 0.6 is 35.3 Å². The van der Waals surface area contributed by atoms with Gasteiger partial charge in [0, 0.05) is 44.3 Å². The Morgan fingerprint density at radius 3 is 2.65 bits per heavy atom. The Morgan fingerprint density at radius 1 is 1.27 bits per heavy atom. The molecule has 0 atom stereocenters. The van der Waals surface area contributed by atoms with Crippen LogP contribution in [0.15, 0.2) is 34.6 Å². The minimum atomic E-state index is 0. The molecule has 0 saturated carbocycles. The minimum absolute atomic E-state index is 0. The molecule has 1 aromatic carbocycles. The number of hydrogen-bond acceptors (Lipinski definition) is 4. The Hall–Kier alpha value is -1.35. The topological polar surface area (TPSA) is 43.8 Å². The van der Waals surface area contributed by atoms with Crippen molar-refractivity contribution >= 4 is 47.0 Å². The van der Waals surface area contributed by atoms with E-state index in [1.807, 2.05) is 7.05 Å². The molecule has 142 valence electrons. The van der Waals surface area contributed by atoms with Gasteiger partial charge in [0.1, 0.15) is 0 Å². The Bertz CT molecular complexity index is 722. The summed E-state index contributed by atoms with van der Waals surface area (Å²) < 4.78 is 0. The van der Waals surface area contributed by atoms with Crippen LogP contribution in [0.1, 0.15) is 23.2 Å². The fourth-order valence-corrected chi connectivity index (χ4v) is 3.84. The lowest BCUT2D eigenvalue weighted by Gasteiger charge is -2.37. The zero-order valence-corrected chi connectivity index (χ0v) is 18.9. The van der Waals surface area contributed by atoms with Crippen molar-refractivity contribution in [3.05, 3.63) is 45.9 Å². The largest absolute Gasteiger partial charge is 0.368 e. The van der Waals surface area contributed by atoms with Gasteiger partial charge in [-0.25, -0.2) is 4.98 Å². The van der Waals surface area contributed by atoms with Gasteiger partial charge in [0.05, 0.1) is 17.2 Å². The number of piperazine rings is 1. The summed E-state index contributed by atoms with van der Waals surface area (Å²) in [4.78, 5) is 13.9. The third kappa shape index (κ3) is 5.33. The van der Waals surface area contributed by atoms with Crippen molar-refractivity contribution in [3.8, 4) is 0 Å². The number of nitrogens with one attached hydrogen (secondary N) is 1. The van der Waals surface area contributed by atoms with Crippen LogP contribution < -0.4 is 10.2 Å². The number of hydrogen-bond donors (Lipinski definition) is 1. The summed E-state index contributed by atoms with van der Waals surface area (Å²) >= 11 is 1.73. The molecule has 26 heavy (non-hydrogen) atoms. The van der Waals surface area contributed by atoms with Crippen molar-refractivity contribution in [2.24, 2.45) is 4.99 Å². The number of guanidine groups is 1. The minimum Gasteiger partial charge on any atom is -0.368 e. The van der Waals surface area contributed by atoms with E-state index in [1.165, 1.54) is 16.3 Å². The third-order valence-corrected chi connectivity index (χ3v) is 5.53. The van der Waals surface area contributed by atoms with Gasteiger partial charge in [-0.05, 0) is 31.0 Å². The summed E-state index contributed by atoms with van der Waals surface area (Å²) in [7, 11) is 1.85. The Morgan fingerprint density at radius 2 is 2.04 bits per heavy atom. The van der Waals surface area contributed by atoms with Crippen molar-refractivity contribution in [2.75, 3.05) is 38.1 Å². The highest BCUT2D eigenvalue weighted by molar-refractivity contribution is 14.0. The molecular weight excluding hydrogens is 457 g/mol. The average molecular weight is 485 g/mol. The molecule has 1 N–H and O–H groups in total. The van der Waals surface area contributed by atoms with Crippen molar-refractivity contribution in [3.63, 3.8) is 0 Å². The average Bonchev–Trinajstić information content (AvgIpc) is 3.11. The second-order valence-electron chi connectivity index (χ2n) is 6.30. The highest BCUT2D eigenvalue weighted by Gasteiger charge is 2.20. The van der Waals surface area contributed by atoms with E-state index < -0.39 is 0 Å². The molecule has 0 radical (unpaired) electrons. The first-order valence-electron chi connectivity index (χ1n) is 8.90. The summed E-state index contributed by atoms with van der Waals surface area (Å²) in [6, 6.07) is 8.74. The van der Waals surface area contributed by atoms with Gasteiger partial charge >= 0.3 is 0 Å². The van der Waals surface area contributed by atoms with Crippen molar-refractivity contribution in [1.29, 1.82) is 0 Å². The maximum absolute atomic E-state index is 4.61. The number of rotatable bonds is 4. The molecule has 0 amide bonds. The van der Waals surface area contributed by atoms with E-state index in [-0.39, 0.29) is 24.0 Å². The van der Waals surface area contributed by atoms with E-state index in [1.54, 1.807) is 11.3 Å². The van der Waals surface area contributed by atoms with Gasteiger partial charge in [0.2, 0.25) is 0 Å². The lowest BCUT2D eigenvalue weighted by Crippen LogP contribution is -2.52. The lowest BCUT2D eigenvalue weighted by molar-refractivity contribution is 0.372. The van der Waals surface area contributed by atoms with E-state index in [0.717, 1.165) is 50.8 Å². The van der Waals surface area contributed by atoms with Crippen LogP contribution in [-0.2, 0) is 13.0 Å². The molecule has 0 spiro atoms. The van der Waals surface area contributed by atoms with Gasteiger partial charge in [-0.3, -0.25) is 4.99 Å². The van der Waals surface area contributed by atoms with Gasteiger partial charge in [0.15, 0.2) is 5.96 Å². The summed E-state index contributed by atoms with van der Waals surface area (Å²) in [6.07, 6.45) is 1.00. The SMILES string of the molecule is CCc1nc(CNC(=NC)N2CCN(c3cccc(C)c3)CC2)cs1.I. The van der Waals surface area contributed by atoms with Gasteiger partial charge in [-0.15, -0.1) is 35.3 Å². The van der Waals surface area contributed by atoms with Crippen molar-refractivity contribution < 1.29 is 0 Å². The maximum atomic E-state index is 4.61. The van der Waals surface area contributed by atoms with E-state index >= 15 is 0 Å². The Kier molecular flexibility index (Phi) is 8.15. The smallest absolute Gasteiger partial charge is 0.194 e. The Balaban J connectivity index is 0.00000243. The highest BCUT2D eigenvalue weighted by Crippen LogP contribution is 2.18. The molecule has 0 unspecified atom stereocenters. The van der Waals surface area contributed by atoms with Crippen LogP contribution in [0.4, 0.5) is 5.69 Å². The van der Waals surface area contributed by atoms with Crippen LogP contribution in [0.25, 0.3) is 0 Å². The second-order valence-corrected chi connectivity index (χ2v) is 7.24. The highest BCUT2D eigenvalue weighted by atomic mass is 127. The number of aliphatic imine (C=N–C) groups is 1. The van der Waals surface area contributed by atoms with Crippen molar-refractivity contribution in [1.82, 2.24) is 15.2 Å². The fraction of sp³-hybridized carbons (Fsp3) is 0.474. The predicted molar refractivity (Wildman–Crippen MR) is 122 cm³/mol. The molecule has 1 fully saturated rings. The normalized spacial score (nSPS) is 15.0. The van der Waals surface area contributed by atoms with Crippen LogP contribution in [-0.4, -0.2) is 49.1 Å². The van der Waals surface area contributed by atoms with Gasteiger partial charge < -0.3 is 15.1 Å². The van der Waals surface area contributed by atoms with Crippen LogP contribution in [0.5, 0.6) is 0 Å². The molecule has 0 bridgehead atoms. The molecule has 1 aromatic heterocycles. The summed E-state index contributed by atoms with van der Waals surface area (Å²) in [5, 5.41) is 6.78. The lowest BCUT2D eigenvalue weighted by atomic mass is 10.2. The van der Waals surface area contributed by atoms with Crippen LogP contribution in [0, 0.1) is 6.92 Å². The number of thiazole rings is 1. The molecule has 1 aliphatic heterocycles. The number of aromatic nitrogens is 1. The molecule has 3 rings (SSSR count). The first-order chi connectivity index (χ1) is 12.2. The van der Waals surface area contributed by atoms with E-state index in [4.69, 9.17) is 0 Å². The van der Waals surface area contributed by atoms with E-state index in [2.05, 4.69) is 68.6 Å². The van der Waals surface area contributed by atoms with Crippen LogP contribution in [0.2, 0.25) is 0 Å². The van der Waals surface area contributed by atoms with E-state index in [0.29, 0.717) is 0 Å². The number of aryl methyl sites for hydroxylation is 2. The first kappa shape index (κ1) is 21.0. The zero-order chi connectivity index (χ0) is 17.6. The fourth-order valence-electron chi connectivity index (χ4n) is 3.10. The molecule has 2 aromatic rings. The number of nitrogens with zero attached hydrogens (tertiary/aromatic N) is 4. The number of benzene rings is 1. The van der Waals surface area contributed by atoms with Gasteiger partial charge in [-0.1, -0.05) is 19.1 Å². The number of halogens is 1. The van der Waals surface area contributed by atoms with Gasteiger partial charge in [-0.2, -0.15) is 0 Å². The maximum Gasteiger partial charge on any atom is 0.194 e. The first-order valence-corrected chi connectivity index (χ1v) is 9.78. The number of anilines is 1. The van der Waals surface area contributed by atoms with E-state index in [9.17, 15) is 0 Å². The quantitative estimate of drug-likeness (QED) is 0.409. The predicted octanol–water partition coefficient (Wildman–Crippen LogP) is 3.53. The molecule has 1 aliphatic rings. The summed E-state index contributed by atoms with van der Waals surface area (Å²) in [5.74, 6) is 0.968. The molecule has 5 nitrogen and oxygen atoms in total. The summed E-state index contributed by atoms with van der Waals surface area (Å²) in [6.45, 7) is 9.01.